The Morgan fingerprint density at radius 2 is 2.25 bits per heavy atom. The standard InChI is InChI=1S/C12H11N3O4S/c1-18-11(16)6-19-9-4-2-3-8(5-9)13-12(17)10-7-20-15-14-10/h2-5,7H,6H2,1H3,(H,13,17). The van der Waals surface area contributed by atoms with Gasteiger partial charge in [0.25, 0.3) is 5.91 Å². The highest BCUT2D eigenvalue weighted by atomic mass is 32.1. The molecule has 2 rings (SSSR count). The summed E-state index contributed by atoms with van der Waals surface area (Å²) in [6, 6.07) is 6.66. The number of carbonyl (C=O) groups excluding carboxylic acids is 2. The Morgan fingerprint density at radius 1 is 1.40 bits per heavy atom. The van der Waals surface area contributed by atoms with Crippen molar-refractivity contribution in [2.24, 2.45) is 0 Å². The van der Waals surface area contributed by atoms with Crippen LogP contribution in [-0.4, -0.2) is 35.2 Å². The van der Waals surface area contributed by atoms with E-state index >= 15 is 0 Å². The minimum absolute atomic E-state index is 0.191. The second kappa shape index (κ2) is 6.62. The number of aromatic nitrogens is 2. The number of rotatable bonds is 5. The molecule has 20 heavy (non-hydrogen) atoms. The fourth-order valence-corrected chi connectivity index (χ4v) is 1.76. The molecule has 1 aromatic carbocycles. The van der Waals surface area contributed by atoms with Crippen LogP contribution in [0.1, 0.15) is 10.5 Å². The van der Waals surface area contributed by atoms with Gasteiger partial charge in [0.05, 0.1) is 7.11 Å². The van der Waals surface area contributed by atoms with Crippen molar-refractivity contribution in [1.29, 1.82) is 0 Å². The van der Waals surface area contributed by atoms with Gasteiger partial charge in [-0.05, 0) is 23.7 Å². The number of amides is 1. The van der Waals surface area contributed by atoms with Crippen molar-refractivity contribution in [3.63, 3.8) is 0 Å². The van der Waals surface area contributed by atoms with Crippen molar-refractivity contribution in [3.05, 3.63) is 35.3 Å². The number of esters is 1. The molecule has 0 saturated heterocycles. The zero-order valence-corrected chi connectivity index (χ0v) is 11.3. The van der Waals surface area contributed by atoms with Crippen LogP contribution >= 0.6 is 11.5 Å². The monoisotopic (exact) mass is 293 g/mol. The van der Waals surface area contributed by atoms with Crippen LogP contribution in [0.5, 0.6) is 5.75 Å². The minimum atomic E-state index is -0.479. The van der Waals surface area contributed by atoms with Gasteiger partial charge in [0.15, 0.2) is 12.3 Å². The Morgan fingerprint density at radius 3 is 2.95 bits per heavy atom. The highest BCUT2D eigenvalue weighted by Gasteiger charge is 2.09. The Labute approximate surface area is 118 Å². The largest absolute Gasteiger partial charge is 0.482 e. The van der Waals surface area contributed by atoms with Gasteiger partial charge in [-0.2, -0.15) is 0 Å². The highest BCUT2D eigenvalue weighted by molar-refractivity contribution is 7.03. The molecule has 0 saturated carbocycles. The van der Waals surface area contributed by atoms with Crippen molar-refractivity contribution in [1.82, 2.24) is 9.59 Å². The summed E-state index contributed by atoms with van der Waals surface area (Å²) in [5, 5.41) is 7.87. The van der Waals surface area contributed by atoms with E-state index in [1.807, 2.05) is 0 Å². The van der Waals surface area contributed by atoms with E-state index in [-0.39, 0.29) is 18.2 Å². The molecular weight excluding hydrogens is 282 g/mol. The van der Waals surface area contributed by atoms with Crippen LogP contribution in [-0.2, 0) is 9.53 Å². The number of hydrogen-bond donors (Lipinski definition) is 1. The maximum absolute atomic E-state index is 11.8. The average Bonchev–Trinajstić information content (AvgIpc) is 2.99. The second-order valence-corrected chi connectivity index (χ2v) is 4.25. The molecule has 1 aromatic heterocycles. The molecule has 8 heteroatoms. The van der Waals surface area contributed by atoms with E-state index in [9.17, 15) is 9.59 Å². The van der Waals surface area contributed by atoms with E-state index in [1.165, 1.54) is 7.11 Å². The minimum Gasteiger partial charge on any atom is -0.482 e. The van der Waals surface area contributed by atoms with Crippen LogP contribution in [0.15, 0.2) is 29.6 Å². The SMILES string of the molecule is COC(=O)COc1cccc(NC(=O)c2csnn2)c1. The topological polar surface area (TPSA) is 90.4 Å². The lowest BCUT2D eigenvalue weighted by atomic mass is 10.3. The third-order valence-corrected chi connectivity index (χ3v) is 2.77. The second-order valence-electron chi connectivity index (χ2n) is 3.64. The number of anilines is 1. The van der Waals surface area contributed by atoms with Gasteiger partial charge in [-0.3, -0.25) is 4.79 Å². The Hall–Kier alpha value is -2.48. The number of carbonyl (C=O) groups is 2. The number of methoxy groups -OCH3 is 1. The van der Waals surface area contributed by atoms with Crippen molar-refractivity contribution in [2.45, 2.75) is 0 Å². The summed E-state index contributed by atoms with van der Waals surface area (Å²) >= 11 is 1.10. The summed E-state index contributed by atoms with van der Waals surface area (Å²) < 4.78 is 13.3. The normalized spacial score (nSPS) is 9.85. The van der Waals surface area contributed by atoms with Crippen molar-refractivity contribution in [2.75, 3.05) is 19.0 Å². The van der Waals surface area contributed by atoms with Crippen LogP contribution < -0.4 is 10.1 Å². The number of nitrogens with one attached hydrogen (secondary N) is 1. The number of ether oxygens (including phenoxy) is 2. The first kappa shape index (κ1) is 13.9. The first-order valence-corrected chi connectivity index (χ1v) is 6.41. The molecule has 2 aromatic rings. The summed E-state index contributed by atoms with van der Waals surface area (Å²) in [5.74, 6) is -0.388. The van der Waals surface area contributed by atoms with E-state index in [1.54, 1.807) is 29.6 Å². The number of nitrogens with zero attached hydrogens (tertiary/aromatic N) is 2. The summed E-state index contributed by atoms with van der Waals surface area (Å²) in [6.45, 7) is -0.191. The zero-order valence-electron chi connectivity index (χ0n) is 10.5. The summed E-state index contributed by atoms with van der Waals surface area (Å²) in [5.41, 5.74) is 0.779. The molecule has 0 bridgehead atoms. The van der Waals surface area contributed by atoms with Gasteiger partial charge in [0, 0.05) is 17.1 Å². The lowest BCUT2D eigenvalue weighted by Crippen LogP contribution is -2.14. The number of hydrogen-bond acceptors (Lipinski definition) is 7. The van der Waals surface area contributed by atoms with Crippen LogP contribution in [0.3, 0.4) is 0 Å². The Balaban J connectivity index is 1.99. The molecule has 0 fully saturated rings. The zero-order chi connectivity index (χ0) is 14.4. The molecule has 1 heterocycles. The maximum Gasteiger partial charge on any atom is 0.343 e. The third-order valence-electron chi connectivity index (χ3n) is 2.27. The maximum atomic E-state index is 11.8. The molecule has 1 amide bonds. The molecular formula is C12H11N3O4S. The van der Waals surface area contributed by atoms with Crippen LogP contribution in [0.4, 0.5) is 5.69 Å². The molecule has 0 radical (unpaired) electrons. The average molecular weight is 293 g/mol. The van der Waals surface area contributed by atoms with Gasteiger partial charge < -0.3 is 14.8 Å². The first-order valence-electron chi connectivity index (χ1n) is 5.57. The quantitative estimate of drug-likeness (QED) is 0.837. The van der Waals surface area contributed by atoms with Gasteiger partial charge in [0.1, 0.15) is 5.75 Å². The van der Waals surface area contributed by atoms with Crippen molar-refractivity contribution in [3.8, 4) is 5.75 Å². The highest BCUT2D eigenvalue weighted by Crippen LogP contribution is 2.18. The fraction of sp³-hybridized carbons (Fsp3) is 0.167. The van der Waals surface area contributed by atoms with E-state index in [0.717, 1.165) is 11.5 Å². The smallest absolute Gasteiger partial charge is 0.343 e. The van der Waals surface area contributed by atoms with E-state index in [4.69, 9.17) is 4.74 Å². The molecule has 0 spiro atoms. The van der Waals surface area contributed by atoms with Crippen LogP contribution in [0, 0.1) is 0 Å². The van der Waals surface area contributed by atoms with Gasteiger partial charge in [-0.1, -0.05) is 10.6 Å². The van der Waals surface area contributed by atoms with Gasteiger partial charge >= 0.3 is 5.97 Å². The third kappa shape index (κ3) is 3.75. The molecule has 104 valence electrons. The first-order chi connectivity index (χ1) is 9.69. The number of benzene rings is 1. The van der Waals surface area contributed by atoms with Gasteiger partial charge in [-0.15, -0.1) is 5.10 Å². The predicted molar refractivity (Wildman–Crippen MR) is 71.8 cm³/mol. The van der Waals surface area contributed by atoms with Gasteiger partial charge in [-0.25, -0.2) is 4.79 Å². The van der Waals surface area contributed by atoms with Crippen LogP contribution in [0.25, 0.3) is 0 Å². The van der Waals surface area contributed by atoms with Gasteiger partial charge in [0.2, 0.25) is 0 Å². The Kier molecular flexibility index (Phi) is 4.61. The molecule has 0 aliphatic rings. The summed E-state index contributed by atoms with van der Waals surface area (Å²) in [7, 11) is 1.28. The van der Waals surface area contributed by atoms with Crippen molar-refractivity contribution >= 4 is 29.1 Å². The molecule has 0 aliphatic carbocycles. The lowest BCUT2D eigenvalue weighted by molar-refractivity contribution is -0.142. The molecule has 7 nitrogen and oxygen atoms in total. The summed E-state index contributed by atoms with van der Waals surface area (Å²) in [4.78, 5) is 22.7. The molecule has 1 N–H and O–H groups in total. The predicted octanol–water partition coefficient (Wildman–Crippen LogP) is 1.34. The van der Waals surface area contributed by atoms with Crippen molar-refractivity contribution < 1.29 is 19.1 Å². The molecule has 0 unspecified atom stereocenters. The van der Waals surface area contributed by atoms with E-state index in [0.29, 0.717) is 11.4 Å². The van der Waals surface area contributed by atoms with E-state index in [2.05, 4.69) is 19.6 Å². The van der Waals surface area contributed by atoms with E-state index < -0.39 is 5.97 Å². The molecule has 0 aliphatic heterocycles. The lowest BCUT2D eigenvalue weighted by Gasteiger charge is -2.07. The Bertz CT molecular complexity index is 601. The summed E-state index contributed by atoms with van der Waals surface area (Å²) in [6.07, 6.45) is 0. The fourth-order valence-electron chi connectivity index (χ4n) is 1.32. The molecule has 0 atom stereocenters. The van der Waals surface area contributed by atoms with Crippen LogP contribution in [0.2, 0.25) is 0 Å².